The van der Waals surface area contributed by atoms with Crippen LogP contribution in [-0.2, 0) is 11.2 Å². The third-order valence-corrected chi connectivity index (χ3v) is 3.31. The molecule has 0 heterocycles. The fraction of sp³-hybridized carbons (Fsp3) is 0.462. The van der Waals surface area contributed by atoms with Crippen molar-refractivity contribution in [3.05, 3.63) is 34.1 Å². The number of hydrogen-bond acceptors (Lipinski definition) is 2. The van der Waals surface area contributed by atoms with E-state index >= 15 is 0 Å². The highest BCUT2D eigenvalue weighted by Gasteiger charge is 2.08. The predicted molar refractivity (Wildman–Crippen MR) is 70.3 cm³/mol. The van der Waals surface area contributed by atoms with Crippen LogP contribution in [0.3, 0.4) is 0 Å². The second-order valence-electron chi connectivity index (χ2n) is 4.34. The van der Waals surface area contributed by atoms with Gasteiger partial charge in [-0.25, -0.2) is 4.39 Å². The molecule has 0 saturated carbocycles. The smallest absolute Gasteiger partial charge is 0.137 e. The highest BCUT2D eigenvalue weighted by molar-refractivity contribution is 9.10. The van der Waals surface area contributed by atoms with E-state index in [2.05, 4.69) is 15.9 Å². The zero-order valence-electron chi connectivity index (χ0n) is 9.88. The number of benzene rings is 1. The van der Waals surface area contributed by atoms with Crippen molar-refractivity contribution in [3.63, 3.8) is 0 Å². The summed E-state index contributed by atoms with van der Waals surface area (Å²) in [7, 11) is 0. The van der Waals surface area contributed by atoms with E-state index in [1.54, 1.807) is 12.1 Å². The van der Waals surface area contributed by atoms with Gasteiger partial charge in [0, 0.05) is 12.8 Å². The van der Waals surface area contributed by atoms with Gasteiger partial charge in [-0.1, -0.05) is 13.0 Å². The number of carbonyl (C=O) groups is 1. The van der Waals surface area contributed by atoms with Crippen LogP contribution in [0.5, 0.6) is 0 Å². The zero-order valence-corrected chi connectivity index (χ0v) is 11.5. The summed E-state index contributed by atoms with van der Waals surface area (Å²) < 4.78 is 13.4. The van der Waals surface area contributed by atoms with Crippen LogP contribution in [0.15, 0.2) is 22.7 Å². The molecule has 2 nitrogen and oxygen atoms in total. The summed E-state index contributed by atoms with van der Waals surface area (Å²) in [6.07, 6.45) is 1.71. The molecular formula is C13H17BrFNO. The average molecular weight is 302 g/mol. The summed E-state index contributed by atoms with van der Waals surface area (Å²) in [6, 6.07) is 4.67. The minimum Gasteiger partial charge on any atom is -0.330 e. The second kappa shape index (κ2) is 6.87. The Hall–Kier alpha value is -0.740. The van der Waals surface area contributed by atoms with E-state index in [1.165, 1.54) is 6.07 Å². The van der Waals surface area contributed by atoms with Gasteiger partial charge in [-0.15, -0.1) is 0 Å². The molecule has 0 saturated heterocycles. The van der Waals surface area contributed by atoms with Gasteiger partial charge in [0.2, 0.25) is 0 Å². The van der Waals surface area contributed by atoms with Gasteiger partial charge in [-0.05, 0) is 52.5 Å². The van der Waals surface area contributed by atoms with Crippen LogP contribution in [0, 0.1) is 11.7 Å². The molecule has 0 amide bonds. The first-order chi connectivity index (χ1) is 8.02. The van der Waals surface area contributed by atoms with Gasteiger partial charge in [0.25, 0.3) is 0 Å². The topological polar surface area (TPSA) is 43.1 Å². The molecule has 0 aromatic heterocycles. The first kappa shape index (κ1) is 14.3. The van der Waals surface area contributed by atoms with E-state index in [-0.39, 0.29) is 11.6 Å². The number of hydrogen-bond donors (Lipinski definition) is 1. The van der Waals surface area contributed by atoms with Crippen molar-refractivity contribution in [3.8, 4) is 0 Å². The van der Waals surface area contributed by atoms with Crippen molar-refractivity contribution in [2.24, 2.45) is 11.7 Å². The maximum atomic E-state index is 13.0. The second-order valence-corrected chi connectivity index (χ2v) is 5.20. The van der Waals surface area contributed by atoms with E-state index in [1.807, 2.05) is 6.92 Å². The monoisotopic (exact) mass is 301 g/mol. The fourth-order valence-electron chi connectivity index (χ4n) is 1.49. The van der Waals surface area contributed by atoms with Crippen molar-refractivity contribution in [1.29, 1.82) is 0 Å². The van der Waals surface area contributed by atoms with Crippen molar-refractivity contribution in [1.82, 2.24) is 0 Å². The summed E-state index contributed by atoms with van der Waals surface area (Å²) in [4.78, 5) is 11.7. The Labute approximate surface area is 110 Å². The standard InChI is InChI=1S/C13H17BrFNO/c1-9(8-16)2-4-11(17)6-10-3-5-13(15)12(14)7-10/h3,5,7,9H,2,4,6,8,16H2,1H3. The first-order valence-electron chi connectivity index (χ1n) is 5.68. The number of halogens is 2. The number of ketones is 1. The molecule has 2 N–H and O–H groups in total. The zero-order chi connectivity index (χ0) is 12.8. The molecule has 0 bridgehead atoms. The molecule has 94 valence electrons. The average Bonchev–Trinajstić information content (AvgIpc) is 2.31. The lowest BCUT2D eigenvalue weighted by Crippen LogP contribution is -2.13. The molecule has 1 unspecified atom stereocenters. The van der Waals surface area contributed by atoms with Crippen LogP contribution < -0.4 is 5.73 Å². The number of Topliss-reactive ketones (excluding diaryl/α,β-unsaturated/α-hetero) is 1. The Balaban J connectivity index is 2.48. The molecule has 1 aromatic rings. The van der Waals surface area contributed by atoms with Crippen LogP contribution in [0.25, 0.3) is 0 Å². The highest BCUT2D eigenvalue weighted by Crippen LogP contribution is 2.18. The Morgan fingerprint density at radius 1 is 1.53 bits per heavy atom. The minimum atomic E-state index is -0.307. The Morgan fingerprint density at radius 3 is 2.82 bits per heavy atom. The van der Waals surface area contributed by atoms with Crippen molar-refractivity contribution >= 4 is 21.7 Å². The number of nitrogens with two attached hydrogens (primary N) is 1. The number of carbonyl (C=O) groups excluding carboxylic acids is 1. The van der Waals surface area contributed by atoms with Crippen LogP contribution in [0.2, 0.25) is 0 Å². The predicted octanol–water partition coefficient (Wildman–Crippen LogP) is 3.07. The lowest BCUT2D eigenvalue weighted by Gasteiger charge is -2.07. The summed E-state index contributed by atoms with van der Waals surface area (Å²) in [5.41, 5.74) is 6.32. The van der Waals surface area contributed by atoms with Gasteiger partial charge in [-0.3, -0.25) is 4.79 Å². The first-order valence-corrected chi connectivity index (χ1v) is 6.48. The van der Waals surface area contributed by atoms with Crippen LogP contribution in [-0.4, -0.2) is 12.3 Å². The van der Waals surface area contributed by atoms with Gasteiger partial charge in [0.15, 0.2) is 0 Å². The minimum absolute atomic E-state index is 0.170. The van der Waals surface area contributed by atoms with Gasteiger partial charge >= 0.3 is 0 Å². The Bertz CT molecular complexity index is 395. The summed E-state index contributed by atoms with van der Waals surface area (Å²) in [5, 5.41) is 0. The van der Waals surface area contributed by atoms with E-state index in [0.29, 0.717) is 29.8 Å². The Kier molecular flexibility index (Phi) is 5.78. The third kappa shape index (κ3) is 4.96. The van der Waals surface area contributed by atoms with E-state index in [9.17, 15) is 9.18 Å². The van der Waals surface area contributed by atoms with Gasteiger partial charge in [0.1, 0.15) is 11.6 Å². The maximum Gasteiger partial charge on any atom is 0.137 e. The quantitative estimate of drug-likeness (QED) is 0.877. The lowest BCUT2D eigenvalue weighted by molar-refractivity contribution is -0.118. The van der Waals surface area contributed by atoms with Crippen molar-refractivity contribution < 1.29 is 9.18 Å². The van der Waals surface area contributed by atoms with Gasteiger partial charge in [-0.2, -0.15) is 0 Å². The Morgan fingerprint density at radius 2 is 2.24 bits per heavy atom. The highest BCUT2D eigenvalue weighted by atomic mass is 79.9. The molecule has 17 heavy (non-hydrogen) atoms. The largest absolute Gasteiger partial charge is 0.330 e. The molecule has 0 aliphatic rings. The van der Waals surface area contributed by atoms with Crippen LogP contribution in [0.4, 0.5) is 4.39 Å². The third-order valence-electron chi connectivity index (χ3n) is 2.70. The fourth-order valence-corrected chi connectivity index (χ4v) is 1.92. The van der Waals surface area contributed by atoms with Crippen LogP contribution >= 0.6 is 15.9 Å². The SMILES string of the molecule is CC(CN)CCC(=O)Cc1ccc(F)c(Br)c1. The number of rotatable bonds is 6. The van der Waals surface area contributed by atoms with E-state index in [0.717, 1.165) is 12.0 Å². The summed E-state index contributed by atoms with van der Waals surface area (Å²) in [6.45, 7) is 2.64. The van der Waals surface area contributed by atoms with E-state index < -0.39 is 0 Å². The molecule has 1 aromatic carbocycles. The maximum absolute atomic E-state index is 13.0. The molecule has 0 fully saturated rings. The molecule has 4 heteroatoms. The molecule has 1 rings (SSSR count). The molecular weight excluding hydrogens is 285 g/mol. The van der Waals surface area contributed by atoms with Crippen molar-refractivity contribution in [2.45, 2.75) is 26.2 Å². The normalized spacial score (nSPS) is 12.5. The lowest BCUT2D eigenvalue weighted by atomic mass is 10.0. The van der Waals surface area contributed by atoms with Crippen molar-refractivity contribution in [2.75, 3.05) is 6.54 Å². The summed E-state index contributed by atoms with van der Waals surface area (Å²) >= 11 is 3.11. The van der Waals surface area contributed by atoms with Gasteiger partial charge in [0.05, 0.1) is 4.47 Å². The molecule has 0 aliphatic heterocycles. The molecule has 1 atom stereocenters. The van der Waals surface area contributed by atoms with Crippen LogP contribution in [0.1, 0.15) is 25.3 Å². The summed E-state index contributed by atoms with van der Waals surface area (Å²) in [5.74, 6) is 0.237. The molecule has 0 radical (unpaired) electrons. The van der Waals surface area contributed by atoms with E-state index in [4.69, 9.17) is 5.73 Å². The molecule has 0 spiro atoms. The van der Waals surface area contributed by atoms with Gasteiger partial charge < -0.3 is 5.73 Å². The molecule has 0 aliphatic carbocycles.